The van der Waals surface area contributed by atoms with Gasteiger partial charge in [0.25, 0.3) is 0 Å². The predicted molar refractivity (Wildman–Crippen MR) is 388 cm³/mol. The van der Waals surface area contributed by atoms with Crippen molar-refractivity contribution in [3.8, 4) is 50.6 Å². The molecule has 0 radical (unpaired) electrons. The molecule has 1 aromatic heterocycles. The van der Waals surface area contributed by atoms with Crippen LogP contribution < -0.4 is 26.0 Å². The number of fused-ring (bicyclic) bond motifs is 13. The second-order valence-corrected chi connectivity index (χ2v) is 30.8. The van der Waals surface area contributed by atoms with Gasteiger partial charge in [-0.3, -0.25) is 0 Å². The molecule has 91 heavy (non-hydrogen) atoms. The second-order valence-electron chi connectivity index (χ2n) is 30.8. The standard InChI is InChI=1S/C87H83BN2O/c1-82(2,3)58-40-35-54(36-41-58)66-49-61(85(10,11)12)50-67(55-37-42-59(43-38-55)83(4,5)6)81(66)90-76-48-57(56-25-24-26-60(47-56)84(7,8)9)39-45-73(76)88-72-46-44-63(89-74-31-20-16-27-64(74)65-28-17-21-32-75(65)89)53-70(72)87(71-51-62(86(13,14)15)52-77(90)80(71)88)68-29-18-22-33-78(68)91-79-34-23-19-30-69(79)87/h16-53H,1-15H3/i16D,17D,20D,21D,27D,28D,31D,32D. The Labute approximate surface area is 551 Å². The minimum absolute atomic E-state index is 0.0247. The van der Waals surface area contributed by atoms with Crippen molar-refractivity contribution in [2.24, 2.45) is 0 Å². The van der Waals surface area contributed by atoms with Crippen molar-refractivity contribution in [1.82, 2.24) is 4.57 Å². The van der Waals surface area contributed by atoms with Crippen molar-refractivity contribution in [3.05, 3.63) is 280 Å². The van der Waals surface area contributed by atoms with Crippen LogP contribution in [-0.4, -0.2) is 11.3 Å². The SMILES string of the molecule is [2H]c1c([2H])c([2H])c2c(c1[2H])c1c([2H])c([2H])c([2H])c([2H])c1n2-c1ccc2c(c1)C1(c3ccccc3Oc3ccccc31)c1cc(C(C)(C)C)cc3c1B2c1ccc(-c2cccc(C(C)(C)C)c2)cc1N3c1c(-c2ccc(C(C)(C)C)cc2)cc(C(C)(C)C)cc1-c1ccc(C(C)(C)C)cc1. The third-order valence-electron chi connectivity index (χ3n) is 19.8. The van der Waals surface area contributed by atoms with Crippen LogP contribution >= 0.6 is 0 Å². The topological polar surface area (TPSA) is 17.4 Å². The lowest BCUT2D eigenvalue weighted by atomic mass is 9.29. The summed E-state index contributed by atoms with van der Waals surface area (Å²) >= 11 is 0. The Balaban J connectivity index is 1.16. The number of anilines is 3. The number of ether oxygens (including phenoxy) is 1. The largest absolute Gasteiger partial charge is 0.457 e. The number of benzene rings is 11. The van der Waals surface area contributed by atoms with Crippen LogP contribution in [-0.2, 0) is 32.5 Å². The van der Waals surface area contributed by atoms with Crippen LogP contribution in [0.15, 0.2) is 230 Å². The molecule has 11 aromatic carbocycles. The van der Waals surface area contributed by atoms with E-state index in [0.29, 0.717) is 17.2 Å². The fourth-order valence-electron chi connectivity index (χ4n) is 14.8. The van der Waals surface area contributed by atoms with E-state index in [1.54, 1.807) is 4.57 Å². The quantitative estimate of drug-likeness (QED) is 0.160. The lowest BCUT2D eigenvalue weighted by Crippen LogP contribution is -2.65. The van der Waals surface area contributed by atoms with Gasteiger partial charge in [-0.2, -0.15) is 0 Å². The maximum Gasteiger partial charge on any atom is 0.247 e. The Hall–Kier alpha value is -9.12. The molecule has 0 atom stereocenters. The van der Waals surface area contributed by atoms with Gasteiger partial charge in [0.05, 0.1) is 33.1 Å². The summed E-state index contributed by atoms with van der Waals surface area (Å²) in [7, 11) is 0. The van der Waals surface area contributed by atoms with Crippen molar-refractivity contribution in [1.29, 1.82) is 0 Å². The molecule has 3 nitrogen and oxygen atoms in total. The van der Waals surface area contributed by atoms with Crippen molar-refractivity contribution in [2.75, 3.05) is 4.90 Å². The summed E-state index contributed by atoms with van der Waals surface area (Å²) in [6.07, 6.45) is 0. The van der Waals surface area contributed by atoms with Gasteiger partial charge in [-0.15, -0.1) is 0 Å². The lowest BCUT2D eigenvalue weighted by molar-refractivity contribution is 0.435. The van der Waals surface area contributed by atoms with E-state index in [-0.39, 0.29) is 67.6 Å². The highest BCUT2D eigenvalue weighted by Gasteiger charge is 2.55. The van der Waals surface area contributed by atoms with E-state index < -0.39 is 41.7 Å². The summed E-state index contributed by atoms with van der Waals surface area (Å²) in [6, 6.07) is 64.0. The molecule has 3 aliphatic rings. The molecule has 12 aromatic rings. The van der Waals surface area contributed by atoms with Gasteiger partial charge in [0.15, 0.2) is 0 Å². The molecular formula is C87H83BN2O. The number of hydrogen-bond acceptors (Lipinski definition) is 2. The fourth-order valence-corrected chi connectivity index (χ4v) is 14.8. The molecule has 0 unspecified atom stereocenters. The van der Waals surface area contributed by atoms with Crippen molar-refractivity contribution < 1.29 is 15.7 Å². The molecule has 0 bridgehead atoms. The van der Waals surface area contributed by atoms with Crippen LogP contribution in [0.5, 0.6) is 11.5 Å². The number of para-hydroxylation sites is 4. The molecular weight excluding hydrogens is 1100 g/mol. The van der Waals surface area contributed by atoms with E-state index in [2.05, 4.69) is 260 Å². The van der Waals surface area contributed by atoms with Gasteiger partial charge in [-0.05, 0) is 160 Å². The van der Waals surface area contributed by atoms with Crippen LogP contribution in [0, 0.1) is 0 Å². The molecule has 0 amide bonds. The minimum atomic E-state index is -1.18. The van der Waals surface area contributed by atoms with Crippen molar-refractivity contribution in [2.45, 2.75) is 136 Å². The lowest BCUT2D eigenvalue weighted by Gasteiger charge is -2.51. The maximum atomic E-state index is 9.73. The summed E-state index contributed by atoms with van der Waals surface area (Å²) in [5.74, 6) is 1.35. The van der Waals surface area contributed by atoms with Gasteiger partial charge in [0.1, 0.15) is 11.5 Å². The zero-order valence-electron chi connectivity index (χ0n) is 63.2. The summed E-state index contributed by atoms with van der Waals surface area (Å²) < 4.78 is 83.5. The minimum Gasteiger partial charge on any atom is -0.457 e. The Morgan fingerprint density at radius 2 is 0.857 bits per heavy atom. The third-order valence-corrected chi connectivity index (χ3v) is 19.8. The van der Waals surface area contributed by atoms with E-state index >= 15 is 0 Å². The van der Waals surface area contributed by atoms with Crippen LogP contribution in [0.1, 0.15) is 165 Å². The van der Waals surface area contributed by atoms with Gasteiger partial charge in [0, 0.05) is 50.1 Å². The van der Waals surface area contributed by atoms with E-state index in [9.17, 15) is 8.22 Å². The van der Waals surface area contributed by atoms with Gasteiger partial charge in [-0.1, -0.05) is 279 Å². The molecule has 4 heterocycles. The first-order valence-corrected chi connectivity index (χ1v) is 32.3. The first-order chi connectivity index (χ1) is 46.6. The van der Waals surface area contributed by atoms with E-state index in [4.69, 9.17) is 7.48 Å². The molecule has 15 rings (SSSR count). The molecule has 1 spiro atoms. The molecule has 4 heteroatoms. The summed E-state index contributed by atoms with van der Waals surface area (Å²) in [6.45, 7) is 33.8. The molecule has 3 aliphatic heterocycles. The summed E-state index contributed by atoms with van der Waals surface area (Å²) in [5.41, 5.74) is 21.0. The molecule has 0 fully saturated rings. The van der Waals surface area contributed by atoms with Gasteiger partial charge in [-0.25, -0.2) is 0 Å². The van der Waals surface area contributed by atoms with Crippen LogP contribution in [0.3, 0.4) is 0 Å². The first-order valence-electron chi connectivity index (χ1n) is 36.3. The normalized spacial score (nSPS) is 15.5. The highest BCUT2D eigenvalue weighted by Crippen LogP contribution is 2.59. The second kappa shape index (κ2) is 20.4. The third kappa shape index (κ3) is 9.28. The summed E-state index contributed by atoms with van der Waals surface area (Å²) in [5, 5.41) is 0.0494. The van der Waals surface area contributed by atoms with Gasteiger partial charge in [0.2, 0.25) is 6.71 Å². The van der Waals surface area contributed by atoms with E-state index in [1.807, 2.05) is 30.3 Å². The molecule has 0 saturated heterocycles. The number of rotatable bonds is 5. The van der Waals surface area contributed by atoms with Crippen LogP contribution in [0.4, 0.5) is 17.1 Å². The maximum absolute atomic E-state index is 9.73. The number of aromatic nitrogens is 1. The van der Waals surface area contributed by atoms with Crippen LogP contribution in [0.2, 0.25) is 0 Å². The average Bonchev–Trinajstić information content (AvgIpc) is 0.856. The van der Waals surface area contributed by atoms with Crippen molar-refractivity contribution >= 4 is 62.0 Å². The highest BCUT2D eigenvalue weighted by molar-refractivity contribution is 6.99. The number of nitrogens with zero attached hydrogens (tertiary/aromatic N) is 2. The van der Waals surface area contributed by atoms with E-state index in [1.165, 1.54) is 22.3 Å². The predicted octanol–water partition coefficient (Wildman–Crippen LogP) is 21.4. The zero-order chi connectivity index (χ0) is 70.4. The Morgan fingerprint density at radius 3 is 1.40 bits per heavy atom. The smallest absolute Gasteiger partial charge is 0.247 e. The molecule has 450 valence electrons. The van der Waals surface area contributed by atoms with Gasteiger partial charge >= 0.3 is 0 Å². The highest BCUT2D eigenvalue weighted by atomic mass is 16.5. The zero-order valence-corrected chi connectivity index (χ0v) is 55.2. The average molecular weight is 1190 g/mol. The van der Waals surface area contributed by atoms with Crippen LogP contribution in [0.25, 0.3) is 60.9 Å². The molecule has 0 aliphatic carbocycles. The molecule has 0 N–H and O–H groups in total. The summed E-state index contributed by atoms with van der Waals surface area (Å²) in [4.78, 5) is 2.63. The van der Waals surface area contributed by atoms with E-state index in [0.717, 1.165) is 94.6 Å². The first kappa shape index (κ1) is 49.6. The molecule has 0 saturated carbocycles. The van der Waals surface area contributed by atoms with Gasteiger partial charge < -0.3 is 14.2 Å². The number of hydrogen-bond donors (Lipinski definition) is 0. The van der Waals surface area contributed by atoms with Crippen molar-refractivity contribution in [3.63, 3.8) is 0 Å². The Bertz CT molecular complexity index is 5220. The Kier molecular flexibility index (Phi) is 11.2. The fraction of sp³-hybridized carbons (Fsp3) is 0.241. The Morgan fingerprint density at radius 1 is 0.374 bits per heavy atom. The monoisotopic (exact) mass is 1190 g/mol.